The summed E-state index contributed by atoms with van der Waals surface area (Å²) < 4.78 is 1.44. The van der Waals surface area contributed by atoms with E-state index in [2.05, 4.69) is 10.1 Å². The van der Waals surface area contributed by atoms with Crippen molar-refractivity contribution < 1.29 is 15.0 Å². The third-order valence-corrected chi connectivity index (χ3v) is 2.68. The molecule has 0 aliphatic carbocycles. The van der Waals surface area contributed by atoms with Gasteiger partial charge in [-0.05, 0) is 24.3 Å². The molecule has 6 heteroatoms. The van der Waals surface area contributed by atoms with Crippen LogP contribution in [0, 0.1) is 0 Å². The molecule has 0 spiro atoms. The quantitative estimate of drug-likeness (QED) is 0.729. The van der Waals surface area contributed by atoms with E-state index in [1.165, 1.54) is 28.9 Å². The molecular weight excluding hydrogens is 246 g/mol. The van der Waals surface area contributed by atoms with E-state index in [9.17, 15) is 9.90 Å². The van der Waals surface area contributed by atoms with Gasteiger partial charge in [0.15, 0.2) is 11.5 Å². The molecule has 3 aromatic rings. The van der Waals surface area contributed by atoms with Crippen molar-refractivity contribution in [2.75, 3.05) is 0 Å². The van der Waals surface area contributed by atoms with Crippen LogP contribution < -0.4 is 0 Å². The molecule has 0 aliphatic heterocycles. The number of fused-ring (bicyclic) bond motifs is 1. The number of pyridine rings is 1. The van der Waals surface area contributed by atoms with Gasteiger partial charge in [-0.25, -0.2) is 14.3 Å². The van der Waals surface area contributed by atoms with Gasteiger partial charge in [-0.15, -0.1) is 5.10 Å². The van der Waals surface area contributed by atoms with Gasteiger partial charge in [0.05, 0.1) is 11.8 Å². The highest BCUT2D eigenvalue weighted by atomic mass is 16.4. The number of aromatic hydroxyl groups is 1. The Kier molecular flexibility index (Phi) is 2.42. The smallest absolute Gasteiger partial charge is 0.335 e. The zero-order chi connectivity index (χ0) is 13.4. The van der Waals surface area contributed by atoms with Crippen LogP contribution in [-0.2, 0) is 0 Å². The van der Waals surface area contributed by atoms with Gasteiger partial charge >= 0.3 is 5.97 Å². The number of benzene rings is 1. The van der Waals surface area contributed by atoms with E-state index in [0.29, 0.717) is 17.0 Å². The maximum absolute atomic E-state index is 10.9. The molecule has 0 saturated heterocycles. The molecule has 1 aromatic carbocycles. The lowest BCUT2D eigenvalue weighted by Crippen LogP contribution is -1.96. The fourth-order valence-electron chi connectivity index (χ4n) is 1.79. The fourth-order valence-corrected chi connectivity index (χ4v) is 1.79. The third-order valence-electron chi connectivity index (χ3n) is 2.68. The van der Waals surface area contributed by atoms with Gasteiger partial charge in [-0.2, -0.15) is 0 Å². The largest absolute Gasteiger partial charge is 0.506 e. The second-order valence-electron chi connectivity index (χ2n) is 4.01. The van der Waals surface area contributed by atoms with E-state index in [1.807, 2.05) is 0 Å². The van der Waals surface area contributed by atoms with Gasteiger partial charge < -0.3 is 10.2 Å². The molecule has 2 aromatic heterocycles. The Morgan fingerprint density at radius 1 is 1.21 bits per heavy atom. The van der Waals surface area contributed by atoms with Crippen LogP contribution in [0.1, 0.15) is 10.4 Å². The Morgan fingerprint density at radius 2 is 2.05 bits per heavy atom. The Morgan fingerprint density at radius 3 is 2.84 bits per heavy atom. The van der Waals surface area contributed by atoms with E-state index in [-0.39, 0.29) is 11.3 Å². The number of carbonyl (C=O) groups is 1. The average Bonchev–Trinajstić information content (AvgIpc) is 2.81. The van der Waals surface area contributed by atoms with Crippen molar-refractivity contribution in [3.05, 3.63) is 48.2 Å². The van der Waals surface area contributed by atoms with Crippen LogP contribution in [0.5, 0.6) is 5.75 Å². The minimum absolute atomic E-state index is 0.0863. The molecule has 94 valence electrons. The fraction of sp³-hybridized carbons (Fsp3) is 0. The highest BCUT2D eigenvalue weighted by Gasteiger charge is 2.09. The van der Waals surface area contributed by atoms with Crippen LogP contribution in [0.15, 0.2) is 42.6 Å². The van der Waals surface area contributed by atoms with Crippen molar-refractivity contribution in [1.82, 2.24) is 14.6 Å². The lowest BCUT2D eigenvalue weighted by molar-refractivity contribution is 0.0697. The molecule has 3 rings (SSSR count). The number of carboxylic acid groups (broad SMARTS) is 1. The average molecular weight is 255 g/mol. The van der Waals surface area contributed by atoms with Gasteiger partial charge in [-0.1, -0.05) is 12.1 Å². The van der Waals surface area contributed by atoms with Gasteiger partial charge in [-0.3, -0.25) is 0 Å². The topological polar surface area (TPSA) is 87.7 Å². The number of rotatable bonds is 2. The monoisotopic (exact) mass is 255 g/mol. The van der Waals surface area contributed by atoms with Crippen LogP contribution in [0.3, 0.4) is 0 Å². The van der Waals surface area contributed by atoms with Crippen LogP contribution in [-0.4, -0.2) is 30.8 Å². The number of nitrogens with zero attached hydrogens (tertiary/aromatic N) is 3. The van der Waals surface area contributed by atoms with E-state index in [4.69, 9.17) is 5.11 Å². The number of hydrogen-bond donors (Lipinski definition) is 2. The maximum Gasteiger partial charge on any atom is 0.335 e. The number of aromatic carboxylic acids is 1. The van der Waals surface area contributed by atoms with E-state index < -0.39 is 5.97 Å². The summed E-state index contributed by atoms with van der Waals surface area (Å²) in [5.74, 6) is -0.500. The van der Waals surface area contributed by atoms with Crippen molar-refractivity contribution in [3.63, 3.8) is 0 Å². The van der Waals surface area contributed by atoms with Crippen molar-refractivity contribution in [2.24, 2.45) is 0 Å². The van der Waals surface area contributed by atoms with Crippen molar-refractivity contribution >= 4 is 11.6 Å². The summed E-state index contributed by atoms with van der Waals surface area (Å²) in [5, 5.41) is 22.5. The van der Waals surface area contributed by atoms with Crippen LogP contribution in [0.4, 0.5) is 0 Å². The lowest BCUT2D eigenvalue weighted by Gasteiger charge is -1.97. The van der Waals surface area contributed by atoms with E-state index in [0.717, 1.165) is 0 Å². The number of aromatic nitrogens is 3. The minimum atomic E-state index is -0.997. The summed E-state index contributed by atoms with van der Waals surface area (Å²) in [6.45, 7) is 0. The number of hydrogen-bond acceptors (Lipinski definition) is 4. The summed E-state index contributed by atoms with van der Waals surface area (Å²) in [6.07, 6.45) is 1.44. The standard InChI is InChI=1S/C13H9N3O3/c17-10-4-5-11-14-12(15-16(11)7-10)8-2-1-3-9(6-8)13(18)19/h1-7,17H,(H,18,19). The van der Waals surface area contributed by atoms with Gasteiger partial charge in [0.2, 0.25) is 0 Å². The molecular formula is C13H9N3O3. The van der Waals surface area contributed by atoms with Crippen molar-refractivity contribution in [3.8, 4) is 17.1 Å². The molecule has 0 fully saturated rings. The Balaban J connectivity index is 2.13. The molecule has 0 unspecified atom stereocenters. The summed E-state index contributed by atoms with van der Waals surface area (Å²) in [4.78, 5) is 15.2. The summed E-state index contributed by atoms with van der Waals surface area (Å²) in [6, 6.07) is 9.54. The highest BCUT2D eigenvalue weighted by Crippen LogP contribution is 2.19. The maximum atomic E-state index is 10.9. The second-order valence-corrected chi connectivity index (χ2v) is 4.01. The first-order valence-corrected chi connectivity index (χ1v) is 5.52. The molecule has 0 radical (unpaired) electrons. The highest BCUT2D eigenvalue weighted by molar-refractivity contribution is 5.89. The molecule has 0 amide bonds. The van der Waals surface area contributed by atoms with Crippen LogP contribution in [0.25, 0.3) is 17.0 Å². The first-order chi connectivity index (χ1) is 9.13. The summed E-state index contributed by atoms with van der Waals surface area (Å²) in [7, 11) is 0. The zero-order valence-corrected chi connectivity index (χ0v) is 9.69. The lowest BCUT2D eigenvalue weighted by atomic mass is 10.1. The Labute approximate surface area is 107 Å². The van der Waals surface area contributed by atoms with Crippen molar-refractivity contribution in [2.45, 2.75) is 0 Å². The molecule has 6 nitrogen and oxygen atoms in total. The molecule has 0 aliphatic rings. The zero-order valence-electron chi connectivity index (χ0n) is 9.69. The molecule has 2 N–H and O–H groups in total. The van der Waals surface area contributed by atoms with Gasteiger partial charge in [0, 0.05) is 5.56 Å². The second kappa shape index (κ2) is 4.09. The third kappa shape index (κ3) is 1.99. The Bertz CT molecular complexity index is 780. The Hall–Kier alpha value is -2.89. The van der Waals surface area contributed by atoms with Gasteiger partial charge in [0.1, 0.15) is 5.75 Å². The predicted octanol–water partition coefficient (Wildman–Crippen LogP) is 1.80. The first kappa shape index (κ1) is 11.2. The number of carboxylic acids is 1. The van der Waals surface area contributed by atoms with Gasteiger partial charge in [0.25, 0.3) is 0 Å². The SMILES string of the molecule is O=C(O)c1cccc(-c2nc3ccc(O)cn3n2)c1. The van der Waals surface area contributed by atoms with E-state index in [1.54, 1.807) is 18.2 Å². The molecule has 2 heterocycles. The predicted molar refractivity (Wildman–Crippen MR) is 67.0 cm³/mol. The molecule has 0 bridgehead atoms. The van der Waals surface area contributed by atoms with Crippen LogP contribution >= 0.6 is 0 Å². The van der Waals surface area contributed by atoms with E-state index >= 15 is 0 Å². The summed E-state index contributed by atoms with van der Waals surface area (Å²) in [5.41, 5.74) is 1.37. The van der Waals surface area contributed by atoms with Crippen LogP contribution in [0.2, 0.25) is 0 Å². The molecule has 0 atom stereocenters. The molecule has 19 heavy (non-hydrogen) atoms. The normalized spacial score (nSPS) is 10.7. The summed E-state index contributed by atoms with van der Waals surface area (Å²) >= 11 is 0. The minimum Gasteiger partial charge on any atom is -0.506 e. The van der Waals surface area contributed by atoms with Crippen molar-refractivity contribution in [1.29, 1.82) is 0 Å². The first-order valence-electron chi connectivity index (χ1n) is 5.52. The molecule has 0 saturated carbocycles.